The van der Waals surface area contributed by atoms with E-state index in [1.54, 1.807) is 0 Å². The maximum Gasteiger partial charge on any atom is 0.132 e. The molecule has 0 aliphatic carbocycles. The third-order valence-electron chi connectivity index (χ3n) is 3.32. The summed E-state index contributed by atoms with van der Waals surface area (Å²) in [7, 11) is 0. The molecule has 1 saturated heterocycles. The number of benzene rings is 1. The highest BCUT2D eigenvalue weighted by molar-refractivity contribution is 5.27. The van der Waals surface area contributed by atoms with Gasteiger partial charge in [0.05, 0.1) is 23.9 Å². The Kier molecular flexibility index (Phi) is 3.45. The van der Waals surface area contributed by atoms with Gasteiger partial charge in [-0.1, -0.05) is 13.0 Å². The van der Waals surface area contributed by atoms with E-state index in [9.17, 15) is 13.9 Å². The first-order valence-corrected chi connectivity index (χ1v) is 5.85. The predicted octanol–water partition coefficient (Wildman–Crippen LogP) is 2.74. The van der Waals surface area contributed by atoms with E-state index in [2.05, 4.69) is 0 Å². The van der Waals surface area contributed by atoms with E-state index in [1.165, 1.54) is 18.2 Å². The van der Waals surface area contributed by atoms with E-state index in [0.29, 0.717) is 6.61 Å². The van der Waals surface area contributed by atoms with Crippen LogP contribution in [0.3, 0.4) is 0 Å². The lowest BCUT2D eigenvalue weighted by atomic mass is 9.82. The summed E-state index contributed by atoms with van der Waals surface area (Å²) < 4.78 is 32.8. The number of hydrogen-bond acceptors (Lipinski definition) is 2. The molecule has 2 rings (SSSR count). The molecule has 0 spiro atoms. The molecular weight excluding hydrogens is 226 g/mol. The van der Waals surface area contributed by atoms with E-state index < -0.39 is 17.2 Å². The Morgan fingerprint density at radius 1 is 1.41 bits per heavy atom. The predicted molar refractivity (Wildman–Crippen MR) is 59.5 cm³/mol. The van der Waals surface area contributed by atoms with Crippen LogP contribution in [0.25, 0.3) is 0 Å². The van der Waals surface area contributed by atoms with Crippen molar-refractivity contribution in [1.82, 2.24) is 0 Å². The van der Waals surface area contributed by atoms with Crippen LogP contribution >= 0.6 is 0 Å². The van der Waals surface area contributed by atoms with E-state index in [4.69, 9.17) is 4.74 Å². The topological polar surface area (TPSA) is 29.5 Å². The molecule has 1 aliphatic rings. The molecule has 2 unspecified atom stereocenters. The van der Waals surface area contributed by atoms with E-state index in [0.717, 1.165) is 6.42 Å². The van der Waals surface area contributed by atoms with E-state index in [-0.39, 0.29) is 24.5 Å². The quantitative estimate of drug-likeness (QED) is 0.864. The molecule has 0 aromatic heterocycles. The molecule has 0 bridgehead atoms. The van der Waals surface area contributed by atoms with Crippen molar-refractivity contribution in [3.8, 4) is 0 Å². The Morgan fingerprint density at radius 2 is 2.06 bits per heavy atom. The van der Waals surface area contributed by atoms with Crippen molar-refractivity contribution >= 4 is 0 Å². The molecule has 1 N–H and O–H groups in total. The average Bonchev–Trinajstić information content (AvgIpc) is 2.28. The van der Waals surface area contributed by atoms with Gasteiger partial charge in [-0.25, -0.2) is 8.78 Å². The maximum absolute atomic E-state index is 13.7. The van der Waals surface area contributed by atoms with Crippen LogP contribution in [0.2, 0.25) is 0 Å². The standard InChI is InChI=1S/C13H16F2O2/c1-2-9-8-13(16,6-7-17-9)12-10(14)4-3-5-11(12)15/h3-5,9,16H,2,6-8H2,1H3. The summed E-state index contributed by atoms with van der Waals surface area (Å²) in [6.07, 6.45) is 1.04. The van der Waals surface area contributed by atoms with Crippen LogP contribution in [0.1, 0.15) is 31.7 Å². The first-order chi connectivity index (χ1) is 8.07. The molecule has 0 radical (unpaired) electrons. The Labute approximate surface area is 99.2 Å². The van der Waals surface area contributed by atoms with Crippen LogP contribution < -0.4 is 0 Å². The molecule has 1 fully saturated rings. The Morgan fingerprint density at radius 3 is 2.65 bits per heavy atom. The van der Waals surface area contributed by atoms with Crippen LogP contribution in [0.15, 0.2) is 18.2 Å². The van der Waals surface area contributed by atoms with E-state index >= 15 is 0 Å². The number of aliphatic hydroxyl groups is 1. The Bertz CT molecular complexity index is 388. The van der Waals surface area contributed by atoms with Gasteiger partial charge in [-0.3, -0.25) is 0 Å². The van der Waals surface area contributed by atoms with Crippen molar-refractivity contribution in [2.24, 2.45) is 0 Å². The Hall–Kier alpha value is -1.00. The van der Waals surface area contributed by atoms with Crippen molar-refractivity contribution in [2.75, 3.05) is 6.61 Å². The van der Waals surface area contributed by atoms with Gasteiger partial charge in [-0.2, -0.15) is 0 Å². The van der Waals surface area contributed by atoms with Crippen molar-refractivity contribution in [3.05, 3.63) is 35.4 Å². The van der Waals surface area contributed by atoms with Crippen LogP contribution in [-0.4, -0.2) is 17.8 Å². The Balaban J connectivity index is 2.37. The third kappa shape index (κ3) is 2.33. The summed E-state index contributed by atoms with van der Waals surface area (Å²) in [6.45, 7) is 2.25. The minimum absolute atomic E-state index is 0.146. The van der Waals surface area contributed by atoms with Gasteiger partial charge >= 0.3 is 0 Å². The SMILES string of the molecule is CCC1CC(O)(c2c(F)cccc2F)CCO1. The zero-order valence-corrected chi connectivity index (χ0v) is 9.75. The molecule has 0 saturated carbocycles. The molecule has 1 aromatic carbocycles. The number of ether oxygens (including phenoxy) is 1. The monoisotopic (exact) mass is 242 g/mol. The lowest BCUT2D eigenvalue weighted by molar-refractivity contribution is -0.111. The van der Waals surface area contributed by atoms with Gasteiger partial charge in [0.15, 0.2) is 0 Å². The molecule has 2 atom stereocenters. The highest BCUT2D eigenvalue weighted by Gasteiger charge is 2.39. The van der Waals surface area contributed by atoms with Gasteiger partial charge in [0.1, 0.15) is 11.6 Å². The summed E-state index contributed by atoms with van der Waals surface area (Å²) in [5.74, 6) is -1.38. The summed E-state index contributed by atoms with van der Waals surface area (Å²) in [6, 6.07) is 3.65. The molecule has 1 heterocycles. The van der Waals surface area contributed by atoms with Crippen LogP contribution in [-0.2, 0) is 10.3 Å². The van der Waals surface area contributed by atoms with Gasteiger partial charge in [0, 0.05) is 12.8 Å². The van der Waals surface area contributed by atoms with Gasteiger partial charge in [-0.05, 0) is 18.6 Å². The maximum atomic E-state index is 13.7. The fourth-order valence-electron chi connectivity index (χ4n) is 2.36. The second-order valence-electron chi connectivity index (χ2n) is 4.48. The normalized spacial score (nSPS) is 29.3. The molecule has 2 nitrogen and oxygen atoms in total. The minimum atomic E-state index is -1.45. The number of rotatable bonds is 2. The second-order valence-corrected chi connectivity index (χ2v) is 4.48. The number of halogens is 2. The molecule has 4 heteroatoms. The molecule has 1 aliphatic heterocycles. The van der Waals surface area contributed by atoms with Gasteiger partial charge in [0.25, 0.3) is 0 Å². The minimum Gasteiger partial charge on any atom is -0.385 e. The van der Waals surface area contributed by atoms with Gasteiger partial charge in [0.2, 0.25) is 0 Å². The smallest absolute Gasteiger partial charge is 0.132 e. The van der Waals surface area contributed by atoms with Crippen LogP contribution in [0, 0.1) is 11.6 Å². The molecule has 1 aromatic rings. The lowest BCUT2D eigenvalue weighted by Gasteiger charge is -2.37. The van der Waals surface area contributed by atoms with Crippen molar-refractivity contribution in [2.45, 2.75) is 37.9 Å². The third-order valence-corrected chi connectivity index (χ3v) is 3.32. The molecule has 94 valence electrons. The average molecular weight is 242 g/mol. The zero-order valence-electron chi connectivity index (χ0n) is 9.75. The van der Waals surface area contributed by atoms with Crippen molar-refractivity contribution < 1.29 is 18.6 Å². The fraction of sp³-hybridized carbons (Fsp3) is 0.538. The first kappa shape index (κ1) is 12.5. The summed E-state index contributed by atoms with van der Waals surface area (Å²) >= 11 is 0. The summed E-state index contributed by atoms with van der Waals surface area (Å²) in [5.41, 5.74) is -1.67. The second kappa shape index (κ2) is 4.70. The first-order valence-electron chi connectivity index (χ1n) is 5.85. The van der Waals surface area contributed by atoms with Crippen molar-refractivity contribution in [3.63, 3.8) is 0 Å². The van der Waals surface area contributed by atoms with Gasteiger partial charge < -0.3 is 9.84 Å². The van der Waals surface area contributed by atoms with Crippen LogP contribution in [0.4, 0.5) is 8.78 Å². The highest BCUT2D eigenvalue weighted by atomic mass is 19.1. The lowest BCUT2D eigenvalue weighted by Crippen LogP contribution is -2.39. The highest BCUT2D eigenvalue weighted by Crippen LogP contribution is 2.38. The summed E-state index contributed by atoms with van der Waals surface area (Å²) in [5, 5.41) is 10.4. The molecule has 17 heavy (non-hydrogen) atoms. The largest absolute Gasteiger partial charge is 0.385 e. The van der Waals surface area contributed by atoms with E-state index in [1.807, 2.05) is 6.92 Å². The van der Waals surface area contributed by atoms with Crippen molar-refractivity contribution in [1.29, 1.82) is 0 Å². The number of hydrogen-bond donors (Lipinski definition) is 1. The summed E-state index contributed by atoms with van der Waals surface area (Å²) in [4.78, 5) is 0. The molecular formula is C13H16F2O2. The zero-order chi connectivity index (χ0) is 12.5. The van der Waals surface area contributed by atoms with Crippen LogP contribution in [0.5, 0.6) is 0 Å². The van der Waals surface area contributed by atoms with Gasteiger partial charge in [-0.15, -0.1) is 0 Å². The fourth-order valence-corrected chi connectivity index (χ4v) is 2.36. The molecule has 0 amide bonds.